The standard InChI is InChI=1S/C7H17ClNS/c1-7(2,9-8)5-6-10(3)4/h9H,5-6H2,1-4H3/q+1. The molecule has 0 aromatic carbocycles. The van der Waals surface area contributed by atoms with Crippen molar-refractivity contribution in [3.8, 4) is 0 Å². The van der Waals surface area contributed by atoms with E-state index in [0.717, 1.165) is 6.42 Å². The van der Waals surface area contributed by atoms with Crippen molar-refractivity contribution in [2.75, 3.05) is 18.3 Å². The summed E-state index contributed by atoms with van der Waals surface area (Å²) in [6.45, 7) is 4.24. The molecule has 0 aromatic heterocycles. The minimum absolute atomic E-state index is 0.0961. The first kappa shape index (κ1) is 10.6. The maximum Gasteiger partial charge on any atom is 0.109 e. The maximum absolute atomic E-state index is 5.53. The topological polar surface area (TPSA) is 12.0 Å². The predicted molar refractivity (Wildman–Crippen MR) is 51.8 cm³/mol. The average molecular weight is 183 g/mol. The molecule has 0 saturated carbocycles. The lowest BCUT2D eigenvalue weighted by Gasteiger charge is -2.20. The Morgan fingerprint density at radius 3 is 2.20 bits per heavy atom. The third-order valence-electron chi connectivity index (χ3n) is 1.39. The maximum atomic E-state index is 5.53. The largest absolute Gasteiger partial charge is 0.228 e. The molecule has 1 N–H and O–H groups in total. The van der Waals surface area contributed by atoms with E-state index in [1.807, 2.05) is 0 Å². The van der Waals surface area contributed by atoms with Crippen molar-refractivity contribution in [3.05, 3.63) is 0 Å². The van der Waals surface area contributed by atoms with Crippen molar-refractivity contribution in [1.82, 2.24) is 4.84 Å². The summed E-state index contributed by atoms with van der Waals surface area (Å²) in [6, 6.07) is 0. The minimum Gasteiger partial charge on any atom is -0.228 e. The number of rotatable bonds is 4. The zero-order valence-corrected chi connectivity index (χ0v) is 8.77. The summed E-state index contributed by atoms with van der Waals surface area (Å²) >= 11 is 5.53. The quantitative estimate of drug-likeness (QED) is 0.517. The molecule has 0 bridgehead atoms. The summed E-state index contributed by atoms with van der Waals surface area (Å²) in [4.78, 5) is 2.77. The van der Waals surface area contributed by atoms with Crippen LogP contribution in [0.5, 0.6) is 0 Å². The normalized spacial score (nSPS) is 12.6. The van der Waals surface area contributed by atoms with Gasteiger partial charge >= 0.3 is 0 Å². The van der Waals surface area contributed by atoms with Gasteiger partial charge in [-0.1, -0.05) is 0 Å². The van der Waals surface area contributed by atoms with Crippen molar-refractivity contribution in [2.24, 2.45) is 0 Å². The second-order valence-corrected chi connectivity index (χ2v) is 5.99. The molecule has 3 heteroatoms. The zero-order chi connectivity index (χ0) is 8.20. The van der Waals surface area contributed by atoms with Gasteiger partial charge in [0.05, 0.1) is 12.5 Å². The van der Waals surface area contributed by atoms with E-state index in [2.05, 4.69) is 31.2 Å². The molecule has 0 spiro atoms. The lowest BCUT2D eigenvalue weighted by Crippen LogP contribution is -2.34. The van der Waals surface area contributed by atoms with Crippen molar-refractivity contribution >= 4 is 22.7 Å². The van der Waals surface area contributed by atoms with Crippen LogP contribution in [-0.2, 0) is 10.9 Å². The molecule has 0 saturated heterocycles. The van der Waals surface area contributed by atoms with Crippen LogP contribution < -0.4 is 4.84 Å². The molecule has 0 aliphatic heterocycles. The Balaban J connectivity index is 3.46. The number of hydrogen-bond acceptors (Lipinski definition) is 1. The summed E-state index contributed by atoms with van der Waals surface area (Å²) in [5, 5.41) is 0. The highest BCUT2D eigenvalue weighted by Gasteiger charge is 2.18. The summed E-state index contributed by atoms with van der Waals surface area (Å²) in [5.41, 5.74) is 0.0961. The highest BCUT2D eigenvalue weighted by Crippen LogP contribution is 2.10. The highest BCUT2D eigenvalue weighted by molar-refractivity contribution is 7.95. The van der Waals surface area contributed by atoms with Gasteiger partial charge in [0.15, 0.2) is 0 Å². The van der Waals surface area contributed by atoms with Crippen molar-refractivity contribution in [2.45, 2.75) is 25.8 Å². The lowest BCUT2D eigenvalue weighted by atomic mass is 10.0. The molecule has 0 heterocycles. The van der Waals surface area contributed by atoms with Crippen LogP contribution in [0.3, 0.4) is 0 Å². The van der Waals surface area contributed by atoms with E-state index in [-0.39, 0.29) is 5.54 Å². The van der Waals surface area contributed by atoms with E-state index in [4.69, 9.17) is 11.8 Å². The van der Waals surface area contributed by atoms with Crippen LogP contribution in [0.25, 0.3) is 0 Å². The van der Waals surface area contributed by atoms with Crippen molar-refractivity contribution in [3.63, 3.8) is 0 Å². The van der Waals surface area contributed by atoms with Crippen LogP contribution in [0.1, 0.15) is 20.3 Å². The Bertz CT molecular complexity index is 93.6. The molecule has 0 radical (unpaired) electrons. The van der Waals surface area contributed by atoms with Gasteiger partial charge in [0.1, 0.15) is 5.75 Å². The van der Waals surface area contributed by atoms with Gasteiger partial charge in [0, 0.05) is 12.0 Å². The van der Waals surface area contributed by atoms with Gasteiger partial charge in [-0.05, 0) is 36.5 Å². The molecule has 0 aliphatic carbocycles. The third-order valence-corrected chi connectivity index (χ3v) is 2.92. The molecule has 10 heavy (non-hydrogen) atoms. The molecule has 62 valence electrons. The van der Waals surface area contributed by atoms with Gasteiger partial charge < -0.3 is 0 Å². The van der Waals surface area contributed by atoms with Gasteiger partial charge in [-0.2, -0.15) is 0 Å². The first-order chi connectivity index (χ1) is 4.48. The van der Waals surface area contributed by atoms with E-state index in [9.17, 15) is 0 Å². The molecule has 1 nitrogen and oxygen atoms in total. The first-order valence-corrected chi connectivity index (χ1v) is 5.99. The third kappa shape index (κ3) is 5.39. The number of hydrogen-bond donors (Lipinski definition) is 1. The van der Waals surface area contributed by atoms with Crippen LogP contribution in [0.2, 0.25) is 0 Å². The molecule has 0 fully saturated rings. The Labute approximate surface area is 72.0 Å². The zero-order valence-electron chi connectivity index (χ0n) is 7.20. The Hall–Kier alpha value is 0.600. The highest BCUT2D eigenvalue weighted by atomic mass is 35.5. The Morgan fingerprint density at radius 1 is 1.40 bits per heavy atom. The monoisotopic (exact) mass is 182 g/mol. The van der Waals surface area contributed by atoms with E-state index in [1.165, 1.54) is 5.75 Å². The molecule has 0 aliphatic rings. The van der Waals surface area contributed by atoms with Crippen LogP contribution in [0.15, 0.2) is 0 Å². The number of nitrogens with one attached hydrogen (secondary N) is 1. The van der Waals surface area contributed by atoms with E-state index >= 15 is 0 Å². The van der Waals surface area contributed by atoms with Crippen LogP contribution >= 0.6 is 11.8 Å². The first-order valence-electron chi connectivity index (χ1n) is 3.40. The van der Waals surface area contributed by atoms with Gasteiger partial charge in [0.2, 0.25) is 0 Å². The fourth-order valence-corrected chi connectivity index (χ4v) is 1.52. The van der Waals surface area contributed by atoms with E-state index < -0.39 is 0 Å². The molecular weight excluding hydrogens is 166 g/mol. The minimum atomic E-state index is 0.0961. The lowest BCUT2D eigenvalue weighted by molar-refractivity contribution is 0.462. The number of halogens is 1. The fraction of sp³-hybridized carbons (Fsp3) is 1.00. The van der Waals surface area contributed by atoms with E-state index in [0.29, 0.717) is 10.9 Å². The second-order valence-electron chi connectivity index (χ2n) is 3.42. The van der Waals surface area contributed by atoms with Crippen LogP contribution in [0, 0.1) is 0 Å². The van der Waals surface area contributed by atoms with Crippen LogP contribution in [0.4, 0.5) is 0 Å². The summed E-state index contributed by atoms with van der Waals surface area (Å²) < 4.78 is 0. The molecular formula is C7H17ClNS+. The molecule has 0 atom stereocenters. The van der Waals surface area contributed by atoms with Gasteiger partial charge in [-0.3, -0.25) is 0 Å². The summed E-state index contributed by atoms with van der Waals surface area (Å²) in [7, 11) is 0.538. The molecule has 0 aromatic rings. The van der Waals surface area contributed by atoms with Gasteiger partial charge in [0.25, 0.3) is 0 Å². The fourth-order valence-electron chi connectivity index (χ4n) is 0.507. The second kappa shape index (κ2) is 4.47. The van der Waals surface area contributed by atoms with Crippen LogP contribution in [-0.4, -0.2) is 23.8 Å². The molecule has 0 rings (SSSR count). The summed E-state index contributed by atoms with van der Waals surface area (Å²) in [5.74, 6) is 1.26. The van der Waals surface area contributed by atoms with Crippen molar-refractivity contribution < 1.29 is 0 Å². The molecule has 0 unspecified atom stereocenters. The van der Waals surface area contributed by atoms with Crippen molar-refractivity contribution in [1.29, 1.82) is 0 Å². The Morgan fingerprint density at radius 2 is 1.90 bits per heavy atom. The Kier molecular flexibility index (Phi) is 4.74. The van der Waals surface area contributed by atoms with Gasteiger partial charge in [-0.25, -0.2) is 4.84 Å². The average Bonchev–Trinajstić information content (AvgIpc) is 1.85. The summed E-state index contributed by atoms with van der Waals surface area (Å²) in [6.07, 6.45) is 5.65. The van der Waals surface area contributed by atoms with Gasteiger partial charge in [-0.15, -0.1) is 0 Å². The van der Waals surface area contributed by atoms with E-state index in [1.54, 1.807) is 0 Å². The molecule has 0 amide bonds. The SMILES string of the molecule is C[S+](C)CCC(C)(C)NCl. The smallest absolute Gasteiger partial charge is 0.109 e. The predicted octanol–water partition coefficient (Wildman–Crippen LogP) is 1.78.